The fraction of sp³-hybridized carbons (Fsp3) is 0.462. The first-order chi connectivity index (χ1) is 8.17. The standard InChI is InChI=1S/C13H15Br2NO/c14-8-7-13(5-6-13)9-16-12(17)10-3-1-2-4-11(10)15/h1-4H,5-9H2,(H,16,17). The van der Waals surface area contributed by atoms with E-state index in [0.717, 1.165) is 22.8 Å². The predicted molar refractivity (Wildman–Crippen MR) is 76.6 cm³/mol. The van der Waals surface area contributed by atoms with Gasteiger partial charge in [0, 0.05) is 16.3 Å². The molecule has 4 heteroatoms. The molecule has 1 fully saturated rings. The first-order valence-electron chi connectivity index (χ1n) is 5.76. The van der Waals surface area contributed by atoms with Gasteiger partial charge in [-0.05, 0) is 52.7 Å². The van der Waals surface area contributed by atoms with Gasteiger partial charge in [-0.1, -0.05) is 28.1 Å². The fourth-order valence-electron chi connectivity index (χ4n) is 1.90. The lowest BCUT2D eigenvalue weighted by molar-refractivity contribution is 0.0943. The van der Waals surface area contributed by atoms with E-state index in [1.165, 1.54) is 12.8 Å². The van der Waals surface area contributed by atoms with Gasteiger partial charge in [0.15, 0.2) is 0 Å². The van der Waals surface area contributed by atoms with Crippen LogP contribution < -0.4 is 5.32 Å². The Labute approximate surface area is 118 Å². The molecule has 17 heavy (non-hydrogen) atoms. The van der Waals surface area contributed by atoms with Crippen LogP contribution in [0.3, 0.4) is 0 Å². The first kappa shape index (κ1) is 13.1. The molecule has 1 aliphatic rings. The smallest absolute Gasteiger partial charge is 0.252 e. The summed E-state index contributed by atoms with van der Waals surface area (Å²) in [7, 11) is 0. The Balaban J connectivity index is 1.92. The van der Waals surface area contributed by atoms with Crippen molar-refractivity contribution in [3.63, 3.8) is 0 Å². The largest absolute Gasteiger partial charge is 0.351 e. The average molecular weight is 361 g/mol. The van der Waals surface area contributed by atoms with Crippen molar-refractivity contribution in [2.45, 2.75) is 19.3 Å². The van der Waals surface area contributed by atoms with Crippen molar-refractivity contribution < 1.29 is 4.79 Å². The molecule has 0 bridgehead atoms. The van der Waals surface area contributed by atoms with Crippen LogP contribution >= 0.6 is 31.9 Å². The van der Waals surface area contributed by atoms with Gasteiger partial charge in [-0.25, -0.2) is 0 Å². The van der Waals surface area contributed by atoms with Crippen molar-refractivity contribution in [1.82, 2.24) is 5.32 Å². The van der Waals surface area contributed by atoms with Crippen LogP contribution in [0, 0.1) is 5.41 Å². The van der Waals surface area contributed by atoms with Gasteiger partial charge in [-0.3, -0.25) is 4.79 Å². The third kappa shape index (κ3) is 3.32. The minimum absolute atomic E-state index is 0.0123. The zero-order valence-corrected chi connectivity index (χ0v) is 12.7. The Kier molecular flexibility index (Phi) is 4.26. The van der Waals surface area contributed by atoms with Crippen molar-refractivity contribution >= 4 is 37.8 Å². The summed E-state index contributed by atoms with van der Waals surface area (Å²) < 4.78 is 0.850. The van der Waals surface area contributed by atoms with E-state index < -0.39 is 0 Å². The Morgan fingerprint density at radius 1 is 1.35 bits per heavy atom. The van der Waals surface area contributed by atoms with E-state index in [1.807, 2.05) is 24.3 Å². The minimum atomic E-state index is 0.0123. The fourth-order valence-corrected chi connectivity index (χ4v) is 3.21. The number of alkyl halides is 1. The van der Waals surface area contributed by atoms with Crippen LogP contribution in [0.5, 0.6) is 0 Å². The summed E-state index contributed by atoms with van der Waals surface area (Å²) in [5.74, 6) is 0.0123. The Bertz CT molecular complexity index is 416. The molecule has 0 heterocycles. The van der Waals surface area contributed by atoms with Gasteiger partial charge in [0.2, 0.25) is 0 Å². The van der Waals surface area contributed by atoms with E-state index in [1.54, 1.807) is 0 Å². The Morgan fingerprint density at radius 2 is 2.06 bits per heavy atom. The third-order valence-corrected chi connectivity index (χ3v) is 4.41. The normalized spacial score (nSPS) is 16.6. The molecule has 1 aromatic rings. The maximum absolute atomic E-state index is 12.0. The number of rotatable bonds is 5. The highest BCUT2D eigenvalue weighted by molar-refractivity contribution is 9.10. The number of hydrogen-bond donors (Lipinski definition) is 1. The SMILES string of the molecule is O=C(NCC1(CCBr)CC1)c1ccccc1Br. The van der Waals surface area contributed by atoms with Gasteiger partial charge < -0.3 is 5.32 Å². The predicted octanol–water partition coefficient (Wildman–Crippen LogP) is 3.74. The highest BCUT2D eigenvalue weighted by atomic mass is 79.9. The zero-order chi connectivity index (χ0) is 12.3. The van der Waals surface area contributed by atoms with E-state index in [4.69, 9.17) is 0 Å². The summed E-state index contributed by atoms with van der Waals surface area (Å²) >= 11 is 6.86. The van der Waals surface area contributed by atoms with Crippen molar-refractivity contribution in [2.75, 3.05) is 11.9 Å². The molecule has 2 nitrogen and oxygen atoms in total. The number of benzene rings is 1. The van der Waals surface area contributed by atoms with Crippen LogP contribution in [-0.4, -0.2) is 17.8 Å². The molecule has 0 unspecified atom stereocenters. The van der Waals surface area contributed by atoms with E-state index >= 15 is 0 Å². The lowest BCUT2D eigenvalue weighted by Crippen LogP contribution is -2.30. The van der Waals surface area contributed by atoms with Gasteiger partial charge in [-0.2, -0.15) is 0 Å². The average Bonchev–Trinajstić information content (AvgIpc) is 3.08. The van der Waals surface area contributed by atoms with Crippen molar-refractivity contribution in [3.05, 3.63) is 34.3 Å². The van der Waals surface area contributed by atoms with Crippen LogP contribution in [0.25, 0.3) is 0 Å². The quantitative estimate of drug-likeness (QED) is 0.796. The molecule has 0 aliphatic heterocycles. The summed E-state index contributed by atoms with van der Waals surface area (Å²) in [6, 6.07) is 7.52. The molecule has 1 aliphatic carbocycles. The van der Waals surface area contributed by atoms with Crippen LogP contribution in [0.4, 0.5) is 0 Å². The number of amides is 1. The molecule has 92 valence electrons. The molecule has 0 radical (unpaired) electrons. The van der Waals surface area contributed by atoms with Crippen LogP contribution in [-0.2, 0) is 0 Å². The van der Waals surface area contributed by atoms with Gasteiger partial charge >= 0.3 is 0 Å². The van der Waals surface area contributed by atoms with Crippen LogP contribution in [0.1, 0.15) is 29.6 Å². The molecule has 1 N–H and O–H groups in total. The molecule has 1 saturated carbocycles. The third-order valence-electron chi connectivity index (χ3n) is 3.32. The second-order valence-corrected chi connectivity index (χ2v) is 6.25. The summed E-state index contributed by atoms with van der Waals surface area (Å²) in [5.41, 5.74) is 1.07. The van der Waals surface area contributed by atoms with Gasteiger partial charge in [0.1, 0.15) is 0 Å². The number of halogens is 2. The minimum Gasteiger partial charge on any atom is -0.351 e. The summed E-state index contributed by atoms with van der Waals surface area (Å²) in [6.07, 6.45) is 3.60. The molecule has 0 aromatic heterocycles. The van der Waals surface area contributed by atoms with Crippen LogP contribution in [0.15, 0.2) is 28.7 Å². The lowest BCUT2D eigenvalue weighted by Gasteiger charge is -2.14. The second-order valence-electron chi connectivity index (χ2n) is 4.60. The number of nitrogens with one attached hydrogen (secondary N) is 1. The van der Waals surface area contributed by atoms with Crippen molar-refractivity contribution in [2.24, 2.45) is 5.41 Å². The maximum Gasteiger partial charge on any atom is 0.252 e. The highest BCUT2D eigenvalue weighted by Gasteiger charge is 2.41. The Morgan fingerprint density at radius 3 is 2.65 bits per heavy atom. The molecule has 1 aromatic carbocycles. The topological polar surface area (TPSA) is 29.1 Å². The van der Waals surface area contributed by atoms with Crippen molar-refractivity contribution in [3.8, 4) is 0 Å². The monoisotopic (exact) mass is 359 g/mol. The van der Waals surface area contributed by atoms with E-state index in [0.29, 0.717) is 11.0 Å². The molecule has 0 spiro atoms. The molecule has 0 atom stereocenters. The molecular weight excluding hydrogens is 346 g/mol. The highest BCUT2D eigenvalue weighted by Crippen LogP contribution is 2.48. The van der Waals surface area contributed by atoms with Gasteiger partial charge in [0.25, 0.3) is 5.91 Å². The molecule has 2 rings (SSSR count). The number of hydrogen-bond acceptors (Lipinski definition) is 1. The summed E-state index contributed by atoms with van der Waals surface area (Å²) in [5, 5.41) is 4.05. The van der Waals surface area contributed by atoms with Gasteiger partial charge in [-0.15, -0.1) is 0 Å². The zero-order valence-electron chi connectivity index (χ0n) is 9.51. The Hall–Kier alpha value is -0.350. The molecule has 1 amide bonds. The van der Waals surface area contributed by atoms with Gasteiger partial charge in [0.05, 0.1) is 5.56 Å². The molecular formula is C13H15Br2NO. The lowest BCUT2D eigenvalue weighted by atomic mass is 10.0. The van der Waals surface area contributed by atoms with E-state index in [-0.39, 0.29) is 5.91 Å². The first-order valence-corrected chi connectivity index (χ1v) is 7.67. The summed E-state index contributed by atoms with van der Waals surface area (Å²) in [4.78, 5) is 12.0. The summed E-state index contributed by atoms with van der Waals surface area (Å²) in [6.45, 7) is 0.790. The van der Waals surface area contributed by atoms with E-state index in [9.17, 15) is 4.79 Å². The maximum atomic E-state index is 12.0. The number of carbonyl (C=O) groups is 1. The van der Waals surface area contributed by atoms with E-state index in [2.05, 4.69) is 37.2 Å². The number of carbonyl (C=O) groups excluding carboxylic acids is 1. The van der Waals surface area contributed by atoms with Crippen LogP contribution in [0.2, 0.25) is 0 Å². The second kappa shape index (κ2) is 5.53. The molecule has 0 saturated heterocycles. The van der Waals surface area contributed by atoms with Crippen molar-refractivity contribution in [1.29, 1.82) is 0 Å².